The van der Waals surface area contributed by atoms with Crippen molar-refractivity contribution >= 4 is 23.5 Å². The summed E-state index contributed by atoms with van der Waals surface area (Å²) in [6.45, 7) is 0.104. The van der Waals surface area contributed by atoms with Crippen LogP contribution in [0.25, 0.3) is 0 Å². The maximum absolute atomic E-state index is 10.7. The first kappa shape index (κ1) is 15.0. The highest BCUT2D eigenvalue weighted by atomic mass is 32.2. The van der Waals surface area contributed by atoms with E-state index in [2.05, 4.69) is 0 Å². The van der Waals surface area contributed by atoms with Crippen molar-refractivity contribution in [3.63, 3.8) is 0 Å². The Bertz CT molecular complexity index is 383. The number of hydrogen-bond acceptors (Lipinski definition) is 5. The van der Waals surface area contributed by atoms with Gasteiger partial charge in [-0.2, -0.15) is 0 Å². The van der Waals surface area contributed by atoms with Crippen LogP contribution in [0.15, 0.2) is 24.3 Å². The molecule has 0 radical (unpaired) electrons. The van der Waals surface area contributed by atoms with Crippen LogP contribution in [0.1, 0.15) is 24.5 Å². The zero-order valence-corrected chi connectivity index (χ0v) is 12.7. The Morgan fingerprint density at radius 2 is 1.89 bits per heavy atom. The molecule has 1 unspecified atom stereocenters. The predicted molar refractivity (Wildman–Crippen MR) is 81.9 cm³/mol. The Morgan fingerprint density at radius 3 is 2.42 bits per heavy atom. The van der Waals surface area contributed by atoms with Crippen molar-refractivity contribution in [3.8, 4) is 5.75 Å². The first-order valence-electron chi connectivity index (χ1n) is 6.42. The molecule has 1 fully saturated rings. The summed E-state index contributed by atoms with van der Waals surface area (Å²) in [4.78, 5) is 0. The Morgan fingerprint density at radius 1 is 1.26 bits per heavy atom. The number of aliphatic hydroxyl groups excluding tert-OH is 2. The van der Waals surface area contributed by atoms with Crippen molar-refractivity contribution < 1.29 is 14.9 Å². The minimum Gasteiger partial charge on any atom is -0.497 e. The van der Waals surface area contributed by atoms with Gasteiger partial charge in [0, 0.05) is 6.61 Å². The van der Waals surface area contributed by atoms with Crippen molar-refractivity contribution in [2.45, 2.75) is 23.0 Å². The van der Waals surface area contributed by atoms with E-state index in [1.807, 2.05) is 24.3 Å². The van der Waals surface area contributed by atoms with Crippen LogP contribution in [-0.4, -0.2) is 39.5 Å². The second kappa shape index (κ2) is 6.88. The van der Waals surface area contributed by atoms with E-state index >= 15 is 0 Å². The first-order valence-corrected chi connectivity index (χ1v) is 8.40. The summed E-state index contributed by atoms with van der Waals surface area (Å²) >= 11 is 3.54. The highest BCUT2D eigenvalue weighted by molar-refractivity contribution is 8.18. The van der Waals surface area contributed by atoms with E-state index in [0.717, 1.165) is 29.2 Å². The average molecular weight is 300 g/mol. The van der Waals surface area contributed by atoms with Gasteiger partial charge in [-0.15, -0.1) is 23.5 Å². The molecule has 0 saturated carbocycles. The van der Waals surface area contributed by atoms with Gasteiger partial charge < -0.3 is 14.9 Å². The largest absolute Gasteiger partial charge is 0.497 e. The topological polar surface area (TPSA) is 49.7 Å². The molecule has 106 valence electrons. The number of aliphatic hydroxyl groups is 2. The third kappa shape index (κ3) is 3.40. The van der Waals surface area contributed by atoms with Crippen LogP contribution >= 0.6 is 23.5 Å². The van der Waals surface area contributed by atoms with Crippen LogP contribution < -0.4 is 4.74 Å². The standard InChI is InChI=1S/C14H20O3S2/c1-17-12-5-3-11(4-6-12)13(16)14(7-8-15)18-9-2-10-19-14/h3-6,13,15-16H,2,7-10H2,1H3. The smallest absolute Gasteiger partial charge is 0.118 e. The van der Waals surface area contributed by atoms with Crippen molar-refractivity contribution in [1.29, 1.82) is 0 Å². The molecule has 1 aliphatic heterocycles. The molecular formula is C14H20O3S2. The van der Waals surface area contributed by atoms with E-state index < -0.39 is 6.10 Å². The zero-order valence-electron chi connectivity index (χ0n) is 11.0. The fourth-order valence-corrected chi connectivity index (χ4v) is 5.57. The second-order valence-corrected chi connectivity index (χ2v) is 7.62. The van der Waals surface area contributed by atoms with Crippen molar-refractivity contribution in [2.24, 2.45) is 0 Å². The number of ether oxygens (including phenoxy) is 1. The minimum absolute atomic E-state index is 0.104. The normalized spacial score (nSPS) is 19.9. The maximum Gasteiger partial charge on any atom is 0.118 e. The van der Waals surface area contributed by atoms with Gasteiger partial charge in [-0.25, -0.2) is 0 Å². The number of methoxy groups -OCH3 is 1. The van der Waals surface area contributed by atoms with Crippen LogP contribution in [0.5, 0.6) is 5.75 Å². The lowest BCUT2D eigenvalue weighted by Crippen LogP contribution is -2.34. The quantitative estimate of drug-likeness (QED) is 0.875. The molecule has 0 aliphatic carbocycles. The summed E-state index contributed by atoms with van der Waals surface area (Å²) in [6, 6.07) is 7.53. The van der Waals surface area contributed by atoms with Gasteiger partial charge in [0.2, 0.25) is 0 Å². The molecule has 19 heavy (non-hydrogen) atoms. The fraction of sp³-hybridized carbons (Fsp3) is 0.571. The SMILES string of the molecule is COc1ccc(C(O)C2(CCO)SCCCS2)cc1. The van der Waals surface area contributed by atoms with Gasteiger partial charge in [0.05, 0.1) is 11.2 Å². The molecule has 3 nitrogen and oxygen atoms in total. The highest BCUT2D eigenvalue weighted by Gasteiger charge is 2.41. The zero-order chi connectivity index (χ0) is 13.7. The fourth-order valence-electron chi connectivity index (χ4n) is 2.23. The van der Waals surface area contributed by atoms with Gasteiger partial charge in [0.25, 0.3) is 0 Å². The van der Waals surface area contributed by atoms with Crippen LogP contribution in [0.2, 0.25) is 0 Å². The molecule has 1 atom stereocenters. The monoisotopic (exact) mass is 300 g/mol. The van der Waals surface area contributed by atoms with Crippen molar-refractivity contribution in [2.75, 3.05) is 25.2 Å². The number of benzene rings is 1. The van der Waals surface area contributed by atoms with Crippen LogP contribution in [0.3, 0.4) is 0 Å². The average Bonchev–Trinajstić information content (AvgIpc) is 2.48. The Balaban J connectivity index is 2.19. The molecule has 1 aromatic carbocycles. The third-order valence-electron chi connectivity index (χ3n) is 3.29. The van der Waals surface area contributed by atoms with Crippen LogP contribution in [0, 0.1) is 0 Å². The number of rotatable bonds is 5. The highest BCUT2D eigenvalue weighted by Crippen LogP contribution is 2.52. The van der Waals surface area contributed by atoms with Gasteiger partial charge in [-0.1, -0.05) is 12.1 Å². The third-order valence-corrected chi connectivity index (χ3v) is 6.81. The van der Waals surface area contributed by atoms with Crippen LogP contribution in [-0.2, 0) is 0 Å². The molecule has 1 aromatic rings. The summed E-state index contributed by atoms with van der Waals surface area (Å²) in [5.74, 6) is 2.87. The minimum atomic E-state index is -0.569. The summed E-state index contributed by atoms with van der Waals surface area (Å²) in [6.07, 6.45) is 1.20. The van der Waals surface area contributed by atoms with E-state index in [4.69, 9.17) is 4.74 Å². The first-order chi connectivity index (χ1) is 9.22. The van der Waals surface area contributed by atoms with Gasteiger partial charge in [0.1, 0.15) is 11.9 Å². The molecule has 5 heteroatoms. The maximum atomic E-state index is 10.7. The molecule has 1 saturated heterocycles. The number of hydrogen-bond donors (Lipinski definition) is 2. The van der Waals surface area contributed by atoms with E-state index in [1.165, 1.54) is 0 Å². The van der Waals surface area contributed by atoms with Gasteiger partial charge >= 0.3 is 0 Å². The van der Waals surface area contributed by atoms with E-state index in [1.54, 1.807) is 30.6 Å². The molecule has 0 bridgehead atoms. The van der Waals surface area contributed by atoms with E-state index in [9.17, 15) is 10.2 Å². The van der Waals surface area contributed by atoms with E-state index in [-0.39, 0.29) is 10.7 Å². The molecule has 0 amide bonds. The summed E-state index contributed by atoms with van der Waals surface area (Å²) in [5, 5.41) is 20.0. The lowest BCUT2D eigenvalue weighted by atomic mass is 10.0. The van der Waals surface area contributed by atoms with Gasteiger partial charge in [-0.3, -0.25) is 0 Å². The Labute approximate surface area is 122 Å². The summed E-state index contributed by atoms with van der Waals surface area (Å²) in [7, 11) is 1.63. The predicted octanol–water partition coefficient (Wildman–Crippen LogP) is 2.68. The second-order valence-electron chi connectivity index (χ2n) is 4.51. The molecular weight excluding hydrogens is 280 g/mol. The van der Waals surface area contributed by atoms with Crippen molar-refractivity contribution in [1.82, 2.24) is 0 Å². The Hall–Kier alpha value is -0.360. The molecule has 2 rings (SSSR count). The van der Waals surface area contributed by atoms with Crippen LogP contribution in [0.4, 0.5) is 0 Å². The molecule has 0 spiro atoms. The summed E-state index contributed by atoms with van der Waals surface area (Å²) < 4.78 is 4.82. The molecule has 1 aliphatic rings. The Kier molecular flexibility index (Phi) is 5.45. The lowest BCUT2D eigenvalue weighted by molar-refractivity contribution is 0.146. The lowest BCUT2D eigenvalue weighted by Gasteiger charge is -2.39. The molecule has 2 N–H and O–H groups in total. The summed E-state index contributed by atoms with van der Waals surface area (Å²) in [5.41, 5.74) is 0.885. The van der Waals surface area contributed by atoms with Gasteiger partial charge in [0.15, 0.2) is 0 Å². The van der Waals surface area contributed by atoms with Crippen molar-refractivity contribution in [3.05, 3.63) is 29.8 Å². The van der Waals surface area contributed by atoms with Gasteiger partial charge in [-0.05, 0) is 42.0 Å². The number of thioether (sulfide) groups is 2. The molecule has 1 heterocycles. The van der Waals surface area contributed by atoms with E-state index in [0.29, 0.717) is 6.42 Å². The molecule has 0 aromatic heterocycles.